The Morgan fingerprint density at radius 1 is 1.25 bits per heavy atom. The van der Waals surface area contributed by atoms with Gasteiger partial charge in [0.1, 0.15) is 5.82 Å². The molecule has 1 aromatic carbocycles. The van der Waals surface area contributed by atoms with Crippen LogP contribution in [0, 0.1) is 0 Å². The Labute approximate surface area is 153 Å². The number of hydrogen-bond acceptors (Lipinski definition) is 3. The first-order valence-electron chi connectivity index (χ1n) is 7.31. The number of benzene rings is 1. The largest absolute Gasteiger partial charge is 0.351 e. The molecule has 0 bridgehead atoms. The number of anilines is 1. The molecule has 1 amide bonds. The Morgan fingerprint density at radius 3 is 2.67 bits per heavy atom. The smallest absolute Gasteiger partial charge is 0.256 e. The highest BCUT2D eigenvalue weighted by molar-refractivity contribution is 9.10. The van der Waals surface area contributed by atoms with E-state index in [1.807, 2.05) is 37.3 Å². The predicted octanol–water partition coefficient (Wildman–Crippen LogP) is 3.28. The first-order valence-corrected chi connectivity index (χ1v) is 8.51. The molecule has 2 aromatic rings. The average molecular weight is 403 g/mol. The maximum atomic E-state index is 12.8. The molecule has 1 aromatic heterocycles. The summed E-state index contributed by atoms with van der Waals surface area (Å²) in [5, 5.41) is 9.50. The monoisotopic (exact) mass is 402 g/mol. The van der Waals surface area contributed by atoms with Crippen LogP contribution in [0.3, 0.4) is 0 Å². The molecule has 122 valence electrons. The molecule has 5 nitrogen and oxygen atoms in total. The molecule has 1 atom stereocenters. The zero-order chi connectivity index (χ0) is 17.1. The van der Waals surface area contributed by atoms with E-state index in [4.69, 9.17) is 12.2 Å². The third kappa shape index (κ3) is 3.63. The summed E-state index contributed by atoms with van der Waals surface area (Å²) in [7, 11) is 0. The van der Waals surface area contributed by atoms with Gasteiger partial charge in [-0.25, -0.2) is 4.98 Å². The van der Waals surface area contributed by atoms with Gasteiger partial charge in [-0.15, -0.1) is 0 Å². The quantitative estimate of drug-likeness (QED) is 0.687. The summed E-state index contributed by atoms with van der Waals surface area (Å²) in [6.45, 7) is 1.84. The van der Waals surface area contributed by atoms with Crippen molar-refractivity contribution < 1.29 is 4.79 Å². The molecule has 3 N–H and O–H groups in total. The van der Waals surface area contributed by atoms with Crippen LogP contribution in [0.15, 0.2) is 64.4 Å². The number of allylic oxidation sites excluding steroid dienone is 1. The molecule has 2 heterocycles. The SMILES string of the molecule is CC1=C(C(=O)Nc2ccccn2)C(c2ccc(Br)cc2)NC(=S)N1. The van der Waals surface area contributed by atoms with E-state index in [0.717, 1.165) is 15.7 Å². The summed E-state index contributed by atoms with van der Waals surface area (Å²) in [5.74, 6) is 0.284. The minimum absolute atomic E-state index is 0.221. The Kier molecular flexibility index (Phi) is 4.92. The topological polar surface area (TPSA) is 66.0 Å². The number of aromatic nitrogens is 1. The number of carbonyl (C=O) groups excluding carboxylic acids is 1. The minimum atomic E-state index is -0.324. The average Bonchev–Trinajstić information content (AvgIpc) is 2.55. The summed E-state index contributed by atoms with van der Waals surface area (Å²) < 4.78 is 0.975. The fourth-order valence-electron chi connectivity index (χ4n) is 2.52. The van der Waals surface area contributed by atoms with Gasteiger partial charge in [0, 0.05) is 16.4 Å². The molecule has 7 heteroatoms. The van der Waals surface area contributed by atoms with Gasteiger partial charge in [-0.05, 0) is 49.0 Å². The van der Waals surface area contributed by atoms with E-state index < -0.39 is 0 Å². The Hall–Kier alpha value is -2.25. The lowest BCUT2D eigenvalue weighted by Gasteiger charge is -2.30. The molecule has 0 spiro atoms. The molecule has 1 unspecified atom stereocenters. The van der Waals surface area contributed by atoms with Crippen LogP contribution in [0.4, 0.5) is 5.82 Å². The zero-order valence-electron chi connectivity index (χ0n) is 12.8. The fourth-order valence-corrected chi connectivity index (χ4v) is 3.06. The Bertz CT molecular complexity index is 805. The lowest BCUT2D eigenvalue weighted by molar-refractivity contribution is -0.113. The van der Waals surface area contributed by atoms with E-state index >= 15 is 0 Å². The molecule has 0 saturated carbocycles. The van der Waals surface area contributed by atoms with E-state index in [1.165, 1.54) is 0 Å². The van der Waals surface area contributed by atoms with Gasteiger partial charge in [-0.3, -0.25) is 4.79 Å². The highest BCUT2D eigenvalue weighted by Crippen LogP contribution is 2.28. The van der Waals surface area contributed by atoms with Gasteiger partial charge >= 0.3 is 0 Å². The van der Waals surface area contributed by atoms with Crippen LogP contribution < -0.4 is 16.0 Å². The molecular weight excluding hydrogens is 388 g/mol. The van der Waals surface area contributed by atoms with Crippen molar-refractivity contribution in [2.45, 2.75) is 13.0 Å². The predicted molar refractivity (Wildman–Crippen MR) is 101 cm³/mol. The van der Waals surface area contributed by atoms with Gasteiger partial charge in [-0.1, -0.05) is 34.1 Å². The number of thiocarbonyl (C=S) groups is 1. The Balaban J connectivity index is 1.94. The van der Waals surface area contributed by atoms with Crippen molar-refractivity contribution >= 4 is 45.0 Å². The van der Waals surface area contributed by atoms with Crippen molar-refractivity contribution in [3.8, 4) is 0 Å². The third-order valence-corrected chi connectivity index (χ3v) is 4.37. The van der Waals surface area contributed by atoms with E-state index in [9.17, 15) is 4.79 Å². The number of amides is 1. The van der Waals surface area contributed by atoms with Crippen molar-refractivity contribution in [2.75, 3.05) is 5.32 Å². The number of hydrogen-bond donors (Lipinski definition) is 3. The summed E-state index contributed by atoms with van der Waals surface area (Å²) in [5.41, 5.74) is 2.25. The van der Waals surface area contributed by atoms with Crippen LogP contribution in [0.5, 0.6) is 0 Å². The number of nitrogens with one attached hydrogen (secondary N) is 3. The molecule has 0 aliphatic carbocycles. The fraction of sp³-hybridized carbons (Fsp3) is 0.118. The van der Waals surface area contributed by atoms with Crippen LogP contribution in [-0.2, 0) is 4.79 Å². The van der Waals surface area contributed by atoms with Crippen molar-refractivity contribution in [1.29, 1.82) is 0 Å². The van der Waals surface area contributed by atoms with Gasteiger partial charge in [0.25, 0.3) is 5.91 Å². The van der Waals surface area contributed by atoms with Crippen LogP contribution in [0.25, 0.3) is 0 Å². The second kappa shape index (κ2) is 7.11. The van der Waals surface area contributed by atoms with Gasteiger partial charge in [0.2, 0.25) is 0 Å². The number of halogens is 1. The van der Waals surface area contributed by atoms with Gasteiger partial charge in [0.05, 0.1) is 11.6 Å². The molecule has 0 saturated heterocycles. The maximum Gasteiger partial charge on any atom is 0.256 e. The normalized spacial score (nSPS) is 17.1. The van der Waals surface area contributed by atoms with Gasteiger partial charge < -0.3 is 16.0 Å². The standard InChI is InChI=1S/C17H15BrN4OS/c1-10-14(16(23)21-13-4-2-3-9-19-13)15(22-17(24)20-10)11-5-7-12(18)8-6-11/h2-9,15H,1H3,(H,19,21,23)(H2,20,22,24). The lowest BCUT2D eigenvalue weighted by Crippen LogP contribution is -2.45. The highest BCUT2D eigenvalue weighted by Gasteiger charge is 2.29. The molecule has 1 aliphatic rings. The van der Waals surface area contributed by atoms with Crippen molar-refractivity contribution in [2.24, 2.45) is 0 Å². The second-order valence-electron chi connectivity index (χ2n) is 5.29. The van der Waals surface area contributed by atoms with Crippen LogP contribution in [0.1, 0.15) is 18.5 Å². The highest BCUT2D eigenvalue weighted by atomic mass is 79.9. The molecular formula is C17H15BrN4OS. The number of pyridine rings is 1. The molecule has 3 rings (SSSR count). The molecule has 0 radical (unpaired) electrons. The van der Waals surface area contributed by atoms with E-state index in [1.54, 1.807) is 18.3 Å². The number of nitrogens with zero attached hydrogens (tertiary/aromatic N) is 1. The molecule has 1 aliphatic heterocycles. The van der Waals surface area contributed by atoms with Gasteiger partial charge in [0.15, 0.2) is 5.11 Å². The van der Waals surface area contributed by atoms with Crippen molar-refractivity contribution in [1.82, 2.24) is 15.6 Å². The summed E-state index contributed by atoms with van der Waals surface area (Å²) in [6, 6.07) is 12.8. The summed E-state index contributed by atoms with van der Waals surface area (Å²) >= 11 is 8.67. The van der Waals surface area contributed by atoms with E-state index in [0.29, 0.717) is 16.5 Å². The molecule has 24 heavy (non-hydrogen) atoms. The van der Waals surface area contributed by atoms with Crippen molar-refractivity contribution in [3.63, 3.8) is 0 Å². The maximum absolute atomic E-state index is 12.8. The number of rotatable bonds is 3. The first kappa shape index (κ1) is 16.6. The van der Waals surface area contributed by atoms with Crippen molar-refractivity contribution in [3.05, 3.63) is 70.0 Å². The van der Waals surface area contributed by atoms with Crippen LogP contribution >= 0.6 is 28.1 Å². The second-order valence-corrected chi connectivity index (χ2v) is 6.61. The molecule has 0 fully saturated rings. The summed E-state index contributed by atoms with van der Waals surface area (Å²) in [4.78, 5) is 16.9. The van der Waals surface area contributed by atoms with Crippen LogP contribution in [0.2, 0.25) is 0 Å². The Morgan fingerprint density at radius 2 is 2.00 bits per heavy atom. The van der Waals surface area contributed by atoms with E-state index in [2.05, 4.69) is 36.9 Å². The zero-order valence-corrected chi connectivity index (χ0v) is 15.2. The minimum Gasteiger partial charge on any atom is -0.351 e. The first-order chi connectivity index (χ1) is 11.5. The lowest BCUT2D eigenvalue weighted by atomic mass is 9.95. The summed E-state index contributed by atoms with van der Waals surface area (Å²) in [6.07, 6.45) is 1.63. The third-order valence-electron chi connectivity index (χ3n) is 3.62. The van der Waals surface area contributed by atoms with E-state index in [-0.39, 0.29) is 11.9 Å². The van der Waals surface area contributed by atoms with Crippen LogP contribution in [-0.4, -0.2) is 16.0 Å². The van der Waals surface area contributed by atoms with Gasteiger partial charge in [-0.2, -0.15) is 0 Å². The number of carbonyl (C=O) groups is 1.